The molecule has 1 nitrogen and oxygen atoms in total. The van der Waals surface area contributed by atoms with Crippen LogP contribution in [0.2, 0.25) is 0 Å². The van der Waals surface area contributed by atoms with Gasteiger partial charge in [0.15, 0.2) is 0 Å². The van der Waals surface area contributed by atoms with Crippen LogP contribution >= 0.6 is 0 Å². The Morgan fingerprint density at radius 1 is 0.786 bits per heavy atom. The Morgan fingerprint density at radius 2 is 1.50 bits per heavy atom. The van der Waals surface area contributed by atoms with Crippen LogP contribution in [0.25, 0.3) is 0 Å². The van der Waals surface area contributed by atoms with Gasteiger partial charge in [-0.1, -0.05) is 26.7 Å². The van der Waals surface area contributed by atoms with E-state index in [0.29, 0.717) is 0 Å². The summed E-state index contributed by atoms with van der Waals surface area (Å²) in [6.45, 7) is 7.35. The van der Waals surface area contributed by atoms with Crippen LogP contribution in [0.1, 0.15) is 46.0 Å². The monoisotopic (exact) mass is 195 g/mol. The fourth-order valence-corrected chi connectivity index (χ4v) is 3.32. The maximum Gasteiger partial charge on any atom is -0.00176 e. The normalized spacial score (nSPS) is 45.0. The first-order valence-electron chi connectivity index (χ1n) is 6.46. The van der Waals surface area contributed by atoms with Crippen molar-refractivity contribution in [2.75, 3.05) is 13.1 Å². The number of piperidine rings is 1. The molecule has 1 heterocycles. The molecule has 2 fully saturated rings. The molecule has 14 heavy (non-hydrogen) atoms. The highest BCUT2D eigenvalue weighted by molar-refractivity contribution is 4.82. The topological polar surface area (TPSA) is 12.0 Å². The zero-order valence-electron chi connectivity index (χ0n) is 9.76. The van der Waals surface area contributed by atoms with Crippen LogP contribution < -0.4 is 5.32 Å². The lowest BCUT2D eigenvalue weighted by atomic mass is 9.73. The fourth-order valence-electron chi connectivity index (χ4n) is 3.32. The highest BCUT2D eigenvalue weighted by Gasteiger charge is 2.28. The molecular weight excluding hydrogens is 170 g/mol. The highest BCUT2D eigenvalue weighted by Crippen LogP contribution is 2.36. The van der Waals surface area contributed by atoms with E-state index in [1.54, 1.807) is 0 Å². The molecule has 1 aliphatic carbocycles. The third-order valence-electron chi connectivity index (χ3n) is 4.33. The lowest BCUT2D eigenvalue weighted by molar-refractivity contribution is 0.161. The third kappa shape index (κ3) is 2.50. The van der Waals surface area contributed by atoms with Crippen LogP contribution in [0.4, 0.5) is 0 Å². The molecule has 2 rings (SSSR count). The summed E-state index contributed by atoms with van der Waals surface area (Å²) in [5, 5.41) is 3.59. The molecule has 0 radical (unpaired) electrons. The predicted molar refractivity (Wildman–Crippen MR) is 61.3 cm³/mol. The Morgan fingerprint density at radius 3 is 2.14 bits per heavy atom. The van der Waals surface area contributed by atoms with E-state index in [1.807, 2.05) is 0 Å². The summed E-state index contributed by atoms with van der Waals surface area (Å²) in [6, 6.07) is 0. The first-order valence-corrected chi connectivity index (χ1v) is 6.46. The minimum Gasteiger partial charge on any atom is -0.316 e. The van der Waals surface area contributed by atoms with Crippen molar-refractivity contribution < 1.29 is 0 Å². The lowest BCUT2D eigenvalue weighted by Crippen LogP contribution is -2.39. The smallest absolute Gasteiger partial charge is 0.00176 e. The molecule has 1 N–H and O–H groups in total. The molecule has 0 spiro atoms. The quantitative estimate of drug-likeness (QED) is 0.678. The lowest BCUT2D eigenvalue weighted by Gasteiger charge is -2.37. The molecule has 1 heteroatoms. The SMILES string of the molecule is CC1CCC(C2CNCC(C)C2)CC1. The molecule has 0 aromatic carbocycles. The van der Waals surface area contributed by atoms with Crippen LogP contribution in [0.15, 0.2) is 0 Å². The van der Waals surface area contributed by atoms with E-state index < -0.39 is 0 Å². The second kappa shape index (κ2) is 4.65. The van der Waals surface area contributed by atoms with Gasteiger partial charge in [0.1, 0.15) is 0 Å². The maximum atomic E-state index is 3.59. The molecule has 2 atom stereocenters. The summed E-state index contributed by atoms with van der Waals surface area (Å²) < 4.78 is 0. The Labute approximate surface area is 88.7 Å². The van der Waals surface area contributed by atoms with E-state index in [0.717, 1.165) is 23.7 Å². The molecule has 0 aromatic heterocycles. The van der Waals surface area contributed by atoms with E-state index >= 15 is 0 Å². The number of rotatable bonds is 1. The van der Waals surface area contributed by atoms with E-state index in [2.05, 4.69) is 19.2 Å². The predicted octanol–water partition coefficient (Wildman–Crippen LogP) is 3.06. The number of nitrogens with one attached hydrogen (secondary N) is 1. The van der Waals surface area contributed by atoms with Gasteiger partial charge in [0.2, 0.25) is 0 Å². The van der Waals surface area contributed by atoms with Crippen molar-refractivity contribution in [3.05, 3.63) is 0 Å². The largest absolute Gasteiger partial charge is 0.316 e. The fraction of sp³-hybridized carbons (Fsp3) is 1.00. The second-order valence-electron chi connectivity index (χ2n) is 5.78. The van der Waals surface area contributed by atoms with Crippen molar-refractivity contribution in [3.63, 3.8) is 0 Å². The van der Waals surface area contributed by atoms with Gasteiger partial charge in [0.05, 0.1) is 0 Å². The van der Waals surface area contributed by atoms with Gasteiger partial charge in [-0.2, -0.15) is 0 Å². The second-order valence-corrected chi connectivity index (χ2v) is 5.78. The van der Waals surface area contributed by atoms with Gasteiger partial charge in [-0.25, -0.2) is 0 Å². The third-order valence-corrected chi connectivity index (χ3v) is 4.33. The molecule has 1 saturated heterocycles. The van der Waals surface area contributed by atoms with E-state index in [4.69, 9.17) is 0 Å². The molecule has 1 saturated carbocycles. The standard InChI is InChI=1S/C13H25N/c1-10-3-5-12(6-4-10)13-7-11(2)8-14-9-13/h10-14H,3-9H2,1-2H3. The number of hydrogen-bond acceptors (Lipinski definition) is 1. The van der Waals surface area contributed by atoms with Crippen LogP contribution in [0, 0.1) is 23.7 Å². The zero-order valence-corrected chi connectivity index (χ0v) is 9.76. The van der Waals surface area contributed by atoms with Crippen molar-refractivity contribution >= 4 is 0 Å². The van der Waals surface area contributed by atoms with Crippen molar-refractivity contribution in [1.29, 1.82) is 0 Å². The Hall–Kier alpha value is -0.0400. The van der Waals surface area contributed by atoms with Crippen LogP contribution in [-0.2, 0) is 0 Å². The average Bonchev–Trinajstić information content (AvgIpc) is 2.19. The molecule has 0 aromatic rings. The minimum absolute atomic E-state index is 0.910. The van der Waals surface area contributed by atoms with Crippen LogP contribution in [0.5, 0.6) is 0 Å². The van der Waals surface area contributed by atoms with Gasteiger partial charge in [-0.3, -0.25) is 0 Å². The van der Waals surface area contributed by atoms with Crippen LogP contribution in [-0.4, -0.2) is 13.1 Å². The molecule has 0 amide bonds. The molecule has 82 valence electrons. The molecule has 2 aliphatic rings. The molecule has 2 unspecified atom stereocenters. The average molecular weight is 195 g/mol. The summed E-state index contributed by atoms with van der Waals surface area (Å²) in [6.07, 6.45) is 7.44. The molecular formula is C13H25N. The van der Waals surface area contributed by atoms with Crippen molar-refractivity contribution in [2.45, 2.75) is 46.0 Å². The molecule has 0 bridgehead atoms. The Balaban J connectivity index is 1.82. The summed E-state index contributed by atoms with van der Waals surface area (Å²) in [5.41, 5.74) is 0. The summed E-state index contributed by atoms with van der Waals surface area (Å²) in [5.74, 6) is 3.95. The van der Waals surface area contributed by atoms with Gasteiger partial charge in [0, 0.05) is 0 Å². The number of hydrogen-bond donors (Lipinski definition) is 1. The first kappa shape index (κ1) is 10.5. The first-order chi connectivity index (χ1) is 6.75. The Kier molecular flexibility index (Phi) is 3.48. The summed E-state index contributed by atoms with van der Waals surface area (Å²) in [4.78, 5) is 0. The zero-order chi connectivity index (χ0) is 9.97. The van der Waals surface area contributed by atoms with Crippen LogP contribution in [0.3, 0.4) is 0 Å². The minimum atomic E-state index is 0.910. The van der Waals surface area contributed by atoms with Gasteiger partial charge in [0.25, 0.3) is 0 Å². The van der Waals surface area contributed by atoms with Gasteiger partial charge >= 0.3 is 0 Å². The van der Waals surface area contributed by atoms with Crippen molar-refractivity contribution in [3.8, 4) is 0 Å². The van der Waals surface area contributed by atoms with Gasteiger partial charge in [-0.15, -0.1) is 0 Å². The van der Waals surface area contributed by atoms with Crippen molar-refractivity contribution in [2.24, 2.45) is 23.7 Å². The van der Waals surface area contributed by atoms with Gasteiger partial charge in [-0.05, 0) is 56.0 Å². The summed E-state index contributed by atoms with van der Waals surface area (Å²) in [7, 11) is 0. The van der Waals surface area contributed by atoms with E-state index in [1.165, 1.54) is 45.2 Å². The van der Waals surface area contributed by atoms with E-state index in [-0.39, 0.29) is 0 Å². The maximum absolute atomic E-state index is 3.59. The summed E-state index contributed by atoms with van der Waals surface area (Å²) >= 11 is 0. The van der Waals surface area contributed by atoms with E-state index in [9.17, 15) is 0 Å². The van der Waals surface area contributed by atoms with Crippen molar-refractivity contribution in [1.82, 2.24) is 5.32 Å². The Bertz CT molecular complexity index is 170. The molecule has 1 aliphatic heterocycles. The highest BCUT2D eigenvalue weighted by atomic mass is 14.9. The van der Waals surface area contributed by atoms with Gasteiger partial charge < -0.3 is 5.32 Å².